The molecule has 24 heavy (non-hydrogen) atoms. The van der Waals surface area contributed by atoms with Crippen LogP contribution in [0.4, 0.5) is 0 Å². The van der Waals surface area contributed by atoms with E-state index in [0.29, 0.717) is 17.2 Å². The summed E-state index contributed by atoms with van der Waals surface area (Å²) < 4.78 is 17.5. The second-order valence-corrected chi connectivity index (χ2v) is 5.96. The first-order valence-electron chi connectivity index (χ1n) is 7.34. The van der Waals surface area contributed by atoms with Crippen molar-refractivity contribution in [3.05, 3.63) is 53.4 Å². The third-order valence-corrected chi connectivity index (χ3v) is 4.54. The molecule has 1 aromatic heterocycles. The predicted molar refractivity (Wildman–Crippen MR) is 92.8 cm³/mol. The summed E-state index contributed by atoms with van der Waals surface area (Å²) in [6.45, 7) is 0.517. The Morgan fingerprint density at radius 1 is 1.00 bits per heavy atom. The van der Waals surface area contributed by atoms with Crippen molar-refractivity contribution >= 4 is 27.4 Å². The van der Waals surface area contributed by atoms with E-state index in [2.05, 4.69) is 0 Å². The van der Waals surface area contributed by atoms with Gasteiger partial charge in [-0.25, -0.2) is 4.79 Å². The predicted octanol–water partition coefficient (Wildman–Crippen LogP) is 4.07. The summed E-state index contributed by atoms with van der Waals surface area (Å²) in [5.41, 5.74) is 0. The minimum Gasteiger partial charge on any atom is -0.493 e. The zero-order valence-electron chi connectivity index (χ0n) is 13.0. The SMILES string of the molecule is COc1ccccc1OCCOc1c(C(=O)O)sc2ccccc12. The molecule has 6 heteroatoms. The second kappa shape index (κ2) is 7.23. The molecule has 0 bridgehead atoms. The Kier molecular flexibility index (Phi) is 4.86. The Hall–Kier alpha value is -2.73. The molecule has 3 aromatic rings. The van der Waals surface area contributed by atoms with Crippen LogP contribution in [0.2, 0.25) is 0 Å². The number of methoxy groups -OCH3 is 1. The van der Waals surface area contributed by atoms with Gasteiger partial charge in [0.15, 0.2) is 22.1 Å². The molecule has 0 saturated heterocycles. The van der Waals surface area contributed by atoms with Crippen LogP contribution in [0.25, 0.3) is 10.1 Å². The lowest BCUT2D eigenvalue weighted by Gasteiger charge is -2.11. The molecule has 0 unspecified atom stereocenters. The molecule has 0 amide bonds. The maximum absolute atomic E-state index is 11.4. The van der Waals surface area contributed by atoms with Crippen LogP contribution in [-0.4, -0.2) is 31.4 Å². The molecule has 0 spiro atoms. The van der Waals surface area contributed by atoms with E-state index in [0.717, 1.165) is 10.1 Å². The van der Waals surface area contributed by atoms with Crippen LogP contribution < -0.4 is 14.2 Å². The number of ether oxygens (including phenoxy) is 3. The number of benzene rings is 2. The van der Waals surface area contributed by atoms with E-state index < -0.39 is 5.97 Å². The number of carboxylic acid groups (broad SMARTS) is 1. The fourth-order valence-electron chi connectivity index (χ4n) is 2.34. The number of rotatable bonds is 7. The van der Waals surface area contributed by atoms with Crippen molar-refractivity contribution in [1.82, 2.24) is 0 Å². The molecule has 0 aliphatic carbocycles. The van der Waals surface area contributed by atoms with Gasteiger partial charge in [0.2, 0.25) is 0 Å². The van der Waals surface area contributed by atoms with Crippen LogP contribution >= 0.6 is 11.3 Å². The zero-order valence-corrected chi connectivity index (χ0v) is 13.8. The molecule has 1 N–H and O–H groups in total. The van der Waals surface area contributed by atoms with Crippen LogP contribution in [0.15, 0.2) is 48.5 Å². The summed E-state index contributed by atoms with van der Waals surface area (Å²) in [7, 11) is 1.58. The standard InChI is InChI=1S/C18H16O5S/c1-21-13-7-3-4-8-14(13)22-10-11-23-16-12-6-2-5-9-15(12)24-17(16)18(19)20/h2-9H,10-11H2,1H3,(H,19,20). The van der Waals surface area contributed by atoms with Gasteiger partial charge >= 0.3 is 5.97 Å². The van der Waals surface area contributed by atoms with E-state index in [1.54, 1.807) is 7.11 Å². The summed E-state index contributed by atoms with van der Waals surface area (Å²) in [6, 6.07) is 14.8. The first kappa shape index (κ1) is 16.1. The van der Waals surface area contributed by atoms with Gasteiger partial charge in [-0.05, 0) is 24.3 Å². The van der Waals surface area contributed by atoms with Gasteiger partial charge in [-0.3, -0.25) is 0 Å². The van der Waals surface area contributed by atoms with Gasteiger partial charge in [0, 0.05) is 10.1 Å². The Balaban J connectivity index is 1.70. The van der Waals surface area contributed by atoms with Crippen molar-refractivity contribution in [1.29, 1.82) is 0 Å². The highest BCUT2D eigenvalue weighted by Gasteiger charge is 2.19. The van der Waals surface area contributed by atoms with E-state index in [-0.39, 0.29) is 18.1 Å². The summed E-state index contributed by atoms with van der Waals surface area (Å²) >= 11 is 1.21. The maximum Gasteiger partial charge on any atom is 0.349 e. The highest BCUT2D eigenvalue weighted by Crippen LogP contribution is 2.37. The molecule has 0 fully saturated rings. The molecule has 3 rings (SSSR count). The molecule has 0 aliphatic heterocycles. The Labute approximate surface area is 143 Å². The molecule has 2 aromatic carbocycles. The van der Waals surface area contributed by atoms with Crippen LogP contribution in [0.1, 0.15) is 9.67 Å². The largest absolute Gasteiger partial charge is 0.493 e. The van der Waals surface area contributed by atoms with Crippen LogP contribution in [-0.2, 0) is 0 Å². The summed E-state index contributed by atoms with van der Waals surface area (Å²) in [5.74, 6) is 0.672. The molecule has 124 valence electrons. The number of para-hydroxylation sites is 2. The van der Waals surface area contributed by atoms with E-state index >= 15 is 0 Å². The van der Waals surface area contributed by atoms with Crippen molar-refractivity contribution in [2.75, 3.05) is 20.3 Å². The molecule has 0 radical (unpaired) electrons. The summed E-state index contributed by atoms with van der Waals surface area (Å²) in [6.07, 6.45) is 0. The number of carbonyl (C=O) groups is 1. The van der Waals surface area contributed by atoms with Crippen molar-refractivity contribution in [3.63, 3.8) is 0 Å². The van der Waals surface area contributed by atoms with Crippen molar-refractivity contribution in [2.45, 2.75) is 0 Å². The third kappa shape index (κ3) is 3.28. The number of hydrogen-bond acceptors (Lipinski definition) is 5. The van der Waals surface area contributed by atoms with Crippen molar-refractivity contribution in [3.8, 4) is 17.2 Å². The fourth-order valence-corrected chi connectivity index (χ4v) is 3.33. The molecular weight excluding hydrogens is 328 g/mol. The number of thiophene rings is 1. The number of carboxylic acids is 1. The van der Waals surface area contributed by atoms with Gasteiger partial charge in [0.1, 0.15) is 13.2 Å². The molecular formula is C18H16O5S. The molecule has 0 saturated carbocycles. The van der Waals surface area contributed by atoms with Crippen molar-refractivity contribution < 1.29 is 24.1 Å². The average molecular weight is 344 g/mol. The van der Waals surface area contributed by atoms with Gasteiger partial charge in [0.25, 0.3) is 0 Å². The highest BCUT2D eigenvalue weighted by molar-refractivity contribution is 7.21. The second-order valence-electron chi connectivity index (χ2n) is 4.91. The molecule has 5 nitrogen and oxygen atoms in total. The van der Waals surface area contributed by atoms with Crippen LogP contribution in [0.3, 0.4) is 0 Å². The topological polar surface area (TPSA) is 65.0 Å². The minimum absolute atomic E-state index is 0.202. The first-order valence-corrected chi connectivity index (χ1v) is 8.16. The van der Waals surface area contributed by atoms with Crippen LogP contribution in [0.5, 0.6) is 17.2 Å². The molecule has 0 aliphatic rings. The van der Waals surface area contributed by atoms with Gasteiger partial charge in [-0.15, -0.1) is 11.3 Å². The van der Waals surface area contributed by atoms with E-state index in [4.69, 9.17) is 14.2 Å². The lowest BCUT2D eigenvalue weighted by atomic mass is 10.2. The lowest BCUT2D eigenvalue weighted by Crippen LogP contribution is -2.10. The van der Waals surface area contributed by atoms with Crippen LogP contribution in [0, 0.1) is 0 Å². The number of hydrogen-bond donors (Lipinski definition) is 1. The van der Waals surface area contributed by atoms with Gasteiger partial charge in [0.05, 0.1) is 7.11 Å². The van der Waals surface area contributed by atoms with Crippen molar-refractivity contribution in [2.24, 2.45) is 0 Å². The lowest BCUT2D eigenvalue weighted by molar-refractivity contribution is 0.0697. The maximum atomic E-state index is 11.4. The number of fused-ring (bicyclic) bond motifs is 1. The smallest absolute Gasteiger partial charge is 0.349 e. The summed E-state index contributed by atoms with van der Waals surface area (Å²) in [5, 5.41) is 10.2. The molecule has 1 heterocycles. The minimum atomic E-state index is -0.989. The summed E-state index contributed by atoms with van der Waals surface area (Å²) in [4.78, 5) is 11.6. The van der Waals surface area contributed by atoms with Gasteiger partial charge in [-0.2, -0.15) is 0 Å². The van der Waals surface area contributed by atoms with E-state index in [1.165, 1.54) is 11.3 Å². The Morgan fingerprint density at radius 2 is 1.67 bits per heavy atom. The monoisotopic (exact) mass is 344 g/mol. The zero-order chi connectivity index (χ0) is 16.9. The van der Waals surface area contributed by atoms with Gasteiger partial charge < -0.3 is 19.3 Å². The Morgan fingerprint density at radius 3 is 2.42 bits per heavy atom. The first-order chi connectivity index (χ1) is 11.7. The Bertz CT molecular complexity index is 855. The average Bonchev–Trinajstić information content (AvgIpc) is 2.98. The fraction of sp³-hybridized carbons (Fsp3) is 0.167. The quantitative estimate of drug-likeness (QED) is 0.655. The number of aromatic carboxylic acids is 1. The van der Waals surface area contributed by atoms with E-state index in [1.807, 2.05) is 48.5 Å². The third-order valence-electron chi connectivity index (χ3n) is 3.40. The van der Waals surface area contributed by atoms with Gasteiger partial charge in [-0.1, -0.05) is 24.3 Å². The molecule has 0 atom stereocenters. The normalized spacial score (nSPS) is 10.5. The highest BCUT2D eigenvalue weighted by atomic mass is 32.1. The van der Waals surface area contributed by atoms with E-state index in [9.17, 15) is 9.90 Å².